The monoisotopic (exact) mass is 388 g/mol. The number of hydrazine groups is 1. The van der Waals surface area contributed by atoms with Crippen molar-refractivity contribution in [1.29, 1.82) is 0 Å². The first-order chi connectivity index (χ1) is 12.9. The Morgan fingerprint density at radius 2 is 1.93 bits per heavy atom. The van der Waals surface area contributed by atoms with Gasteiger partial charge in [-0.25, -0.2) is 10.6 Å². The SMILES string of the molecule is CN(C)CCCCN1C(=O)N(N)CC1=Cc1ccc(-c2ccc(Cl)cc2)o1. The Balaban J connectivity index is 1.72. The van der Waals surface area contributed by atoms with E-state index in [1.165, 1.54) is 5.01 Å². The van der Waals surface area contributed by atoms with Gasteiger partial charge in [-0.1, -0.05) is 11.6 Å². The summed E-state index contributed by atoms with van der Waals surface area (Å²) in [4.78, 5) is 16.2. The highest BCUT2D eigenvalue weighted by Crippen LogP contribution is 2.26. The first-order valence-electron chi connectivity index (χ1n) is 8.99. The topological polar surface area (TPSA) is 66.0 Å². The van der Waals surface area contributed by atoms with Gasteiger partial charge in [0.05, 0.1) is 6.54 Å². The molecular weight excluding hydrogens is 364 g/mol. The molecule has 2 N–H and O–H groups in total. The van der Waals surface area contributed by atoms with Crippen LogP contribution in [0.5, 0.6) is 0 Å². The van der Waals surface area contributed by atoms with Crippen molar-refractivity contribution in [3.8, 4) is 11.3 Å². The summed E-state index contributed by atoms with van der Waals surface area (Å²) in [6.07, 6.45) is 3.83. The maximum Gasteiger partial charge on any atom is 0.338 e. The van der Waals surface area contributed by atoms with Crippen LogP contribution in [-0.2, 0) is 0 Å². The Bertz CT molecular complexity index is 814. The predicted molar refractivity (Wildman–Crippen MR) is 108 cm³/mol. The van der Waals surface area contributed by atoms with Gasteiger partial charge >= 0.3 is 6.03 Å². The molecule has 0 spiro atoms. The smallest absolute Gasteiger partial charge is 0.338 e. The van der Waals surface area contributed by atoms with Crippen molar-refractivity contribution >= 4 is 23.7 Å². The lowest BCUT2D eigenvalue weighted by Gasteiger charge is -2.17. The summed E-state index contributed by atoms with van der Waals surface area (Å²) in [5, 5.41) is 1.92. The van der Waals surface area contributed by atoms with E-state index in [4.69, 9.17) is 21.9 Å². The van der Waals surface area contributed by atoms with Gasteiger partial charge in [0.15, 0.2) is 0 Å². The average Bonchev–Trinajstić information content (AvgIpc) is 3.19. The van der Waals surface area contributed by atoms with E-state index >= 15 is 0 Å². The molecule has 144 valence electrons. The highest BCUT2D eigenvalue weighted by molar-refractivity contribution is 6.30. The number of nitrogens with zero attached hydrogens (tertiary/aromatic N) is 3. The van der Waals surface area contributed by atoms with Crippen LogP contribution in [0.15, 0.2) is 46.5 Å². The third-order valence-corrected chi connectivity index (χ3v) is 4.71. The van der Waals surface area contributed by atoms with Crippen LogP contribution in [0.1, 0.15) is 18.6 Å². The quantitative estimate of drug-likeness (QED) is 0.444. The van der Waals surface area contributed by atoms with Crippen molar-refractivity contribution in [1.82, 2.24) is 14.8 Å². The minimum atomic E-state index is -0.171. The lowest BCUT2D eigenvalue weighted by atomic mass is 10.2. The fraction of sp³-hybridized carbons (Fsp3) is 0.350. The molecule has 1 saturated heterocycles. The van der Waals surface area contributed by atoms with E-state index in [-0.39, 0.29) is 6.03 Å². The number of hydrogen-bond donors (Lipinski definition) is 1. The van der Waals surface area contributed by atoms with Gasteiger partial charge in [-0.2, -0.15) is 0 Å². The maximum absolute atomic E-state index is 12.3. The zero-order valence-electron chi connectivity index (χ0n) is 15.7. The molecule has 27 heavy (non-hydrogen) atoms. The zero-order chi connectivity index (χ0) is 19.4. The lowest BCUT2D eigenvalue weighted by molar-refractivity contribution is 0.194. The first kappa shape index (κ1) is 19.5. The Kier molecular flexibility index (Phi) is 6.21. The summed E-state index contributed by atoms with van der Waals surface area (Å²) in [7, 11) is 4.09. The third kappa shape index (κ3) is 4.91. The molecule has 0 unspecified atom stereocenters. The third-order valence-electron chi connectivity index (χ3n) is 4.46. The van der Waals surface area contributed by atoms with E-state index in [2.05, 4.69) is 4.90 Å². The fourth-order valence-electron chi connectivity index (χ4n) is 3.03. The molecule has 1 aliphatic rings. The van der Waals surface area contributed by atoms with Gasteiger partial charge in [0.25, 0.3) is 0 Å². The number of furan rings is 1. The highest BCUT2D eigenvalue weighted by atomic mass is 35.5. The molecule has 0 bridgehead atoms. The Morgan fingerprint density at radius 3 is 2.63 bits per heavy atom. The van der Waals surface area contributed by atoms with Crippen LogP contribution >= 0.6 is 11.6 Å². The second-order valence-corrected chi connectivity index (χ2v) is 7.35. The second-order valence-electron chi connectivity index (χ2n) is 6.92. The molecule has 0 aliphatic carbocycles. The standard InChI is InChI=1S/C20H25ClN4O2/c1-23(2)11-3-4-12-24-17(14-25(22)20(24)26)13-18-9-10-19(27-18)15-5-7-16(21)8-6-15/h5-10,13H,3-4,11-12,14,22H2,1-2H3. The minimum Gasteiger partial charge on any atom is -0.457 e. The number of hydrogen-bond acceptors (Lipinski definition) is 4. The molecule has 0 atom stereocenters. The van der Waals surface area contributed by atoms with Crippen LogP contribution in [0, 0.1) is 0 Å². The number of unbranched alkanes of at least 4 members (excludes halogenated alkanes) is 1. The number of urea groups is 1. The summed E-state index contributed by atoms with van der Waals surface area (Å²) in [5.41, 5.74) is 1.80. The van der Waals surface area contributed by atoms with Crippen LogP contribution in [0.4, 0.5) is 4.79 Å². The number of rotatable bonds is 7. The molecule has 1 aliphatic heterocycles. The van der Waals surface area contributed by atoms with Crippen LogP contribution in [0.2, 0.25) is 5.02 Å². The van der Waals surface area contributed by atoms with E-state index in [0.29, 0.717) is 23.9 Å². The average molecular weight is 389 g/mol. The maximum atomic E-state index is 12.3. The van der Waals surface area contributed by atoms with Gasteiger partial charge in [0, 0.05) is 28.9 Å². The zero-order valence-corrected chi connectivity index (χ0v) is 16.4. The largest absolute Gasteiger partial charge is 0.457 e. The van der Waals surface area contributed by atoms with Crippen LogP contribution < -0.4 is 5.84 Å². The normalized spacial score (nSPS) is 16.2. The molecule has 2 amide bonds. The molecule has 7 heteroatoms. The van der Waals surface area contributed by atoms with Crippen molar-refractivity contribution in [2.45, 2.75) is 12.8 Å². The van der Waals surface area contributed by atoms with Crippen LogP contribution in [0.3, 0.4) is 0 Å². The molecule has 2 heterocycles. The van der Waals surface area contributed by atoms with E-state index in [0.717, 1.165) is 36.4 Å². The van der Waals surface area contributed by atoms with Gasteiger partial charge in [0.1, 0.15) is 11.5 Å². The fourth-order valence-corrected chi connectivity index (χ4v) is 3.16. The molecule has 3 rings (SSSR count). The van der Waals surface area contributed by atoms with Gasteiger partial charge in [-0.3, -0.25) is 9.91 Å². The van der Waals surface area contributed by atoms with Gasteiger partial charge in [-0.15, -0.1) is 0 Å². The predicted octanol–water partition coefficient (Wildman–Crippen LogP) is 3.89. The summed E-state index contributed by atoms with van der Waals surface area (Å²) >= 11 is 5.93. The molecule has 0 radical (unpaired) electrons. The van der Waals surface area contributed by atoms with Crippen molar-refractivity contribution in [2.75, 3.05) is 33.7 Å². The van der Waals surface area contributed by atoms with Crippen molar-refractivity contribution in [2.24, 2.45) is 5.84 Å². The van der Waals surface area contributed by atoms with Gasteiger partial charge in [0.2, 0.25) is 0 Å². The van der Waals surface area contributed by atoms with E-state index < -0.39 is 0 Å². The lowest BCUT2D eigenvalue weighted by Crippen LogP contribution is -2.36. The Morgan fingerprint density at radius 1 is 1.19 bits per heavy atom. The minimum absolute atomic E-state index is 0.171. The number of carbonyl (C=O) groups is 1. The summed E-state index contributed by atoms with van der Waals surface area (Å²) in [6, 6.07) is 11.1. The summed E-state index contributed by atoms with van der Waals surface area (Å²) in [6.45, 7) is 2.02. The van der Waals surface area contributed by atoms with E-state index in [9.17, 15) is 4.79 Å². The summed E-state index contributed by atoms with van der Waals surface area (Å²) < 4.78 is 5.92. The number of carbonyl (C=O) groups excluding carboxylic acids is 1. The molecule has 1 fully saturated rings. The Hall–Kier alpha value is -2.28. The van der Waals surface area contributed by atoms with Gasteiger partial charge < -0.3 is 9.32 Å². The van der Waals surface area contributed by atoms with Crippen LogP contribution in [0.25, 0.3) is 17.4 Å². The number of halogens is 1. The number of amides is 2. The second kappa shape index (κ2) is 8.61. The van der Waals surface area contributed by atoms with Crippen molar-refractivity contribution < 1.29 is 9.21 Å². The van der Waals surface area contributed by atoms with E-state index in [1.807, 2.05) is 56.6 Å². The number of nitrogens with two attached hydrogens (primary N) is 1. The van der Waals surface area contributed by atoms with Crippen molar-refractivity contribution in [3.05, 3.63) is 52.9 Å². The van der Waals surface area contributed by atoms with Crippen LogP contribution in [-0.4, -0.2) is 54.6 Å². The highest BCUT2D eigenvalue weighted by Gasteiger charge is 2.30. The molecule has 1 aromatic heterocycles. The summed E-state index contributed by atoms with van der Waals surface area (Å²) in [5.74, 6) is 7.27. The Labute approximate surface area is 164 Å². The molecule has 2 aromatic rings. The molecular formula is C20H25ClN4O2. The molecule has 0 saturated carbocycles. The van der Waals surface area contributed by atoms with E-state index in [1.54, 1.807) is 4.90 Å². The van der Waals surface area contributed by atoms with Gasteiger partial charge in [-0.05, 0) is 69.9 Å². The molecule has 1 aromatic carbocycles. The molecule has 6 nitrogen and oxygen atoms in total. The first-order valence-corrected chi connectivity index (χ1v) is 9.36. The number of benzene rings is 1. The van der Waals surface area contributed by atoms with Crippen molar-refractivity contribution in [3.63, 3.8) is 0 Å².